The van der Waals surface area contributed by atoms with Gasteiger partial charge in [0.25, 0.3) is 5.56 Å². The second kappa shape index (κ2) is 2.64. The summed E-state index contributed by atoms with van der Waals surface area (Å²) in [7, 11) is 0. The average molecular weight is 171 g/mol. The maximum Gasteiger partial charge on any atom is 0.268 e. The van der Waals surface area contributed by atoms with Gasteiger partial charge < -0.3 is 5.11 Å². The molecule has 5 heteroatoms. The SMILES string of the molecule is N#Cc1cc(Cl)c(O)[nH]c1=O. The normalized spacial score (nSPS) is 9.09. The first-order valence-corrected chi connectivity index (χ1v) is 3.05. The second-order valence-electron chi connectivity index (χ2n) is 1.82. The van der Waals surface area contributed by atoms with Crippen LogP contribution >= 0.6 is 11.6 Å². The van der Waals surface area contributed by atoms with Crippen molar-refractivity contribution in [2.24, 2.45) is 0 Å². The van der Waals surface area contributed by atoms with E-state index in [4.69, 9.17) is 22.0 Å². The summed E-state index contributed by atoms with van der Waals surface area (Å²) >= 11 is 5.39. The van der Waals surface area contributed by atoms with Gasteiger partial charge in [-0.3, -0.25) is 9.78 Å². The zero-order chi connectivity index (χ0) is 8.43. The van der Waals surface area contributed by atoms with Crippen molar-refractivity contribution in [3.8, 4) is 11.9 Å². The number of hydrogen-bond donors (Lipinski definition) is 2. The monoisotopic (exact) mass is 170 g/mol. The number of pyridine rings is 1. The maximum absolute atomic E-state index is 10.7. The van der Waals surface area contributed by atoms with Crippen molar-refractivity contribution >= 4 is 11.6 Å². The molecule has 11 heavy (non-hydrogen) atoms. The van der Waals surface area contributed by atoms with E-state index >= 15 is 0 Å². The fourth-order valence-corrected chi connectivity index (χ4v) is 0.735. The molecule has 1 aromatic rings. The molecule has 0 saturated carbocycles. The number of aromatic amines is 1. The molecule has 0 unspecified atom stereocenters. The highest BCUT2D eigenvalue weighted by Gasteiger charge is 2.03. The Hall–Kier alpha value is -1.47. The third-order valence-electron chi connectivity index (χ3n) is 1.09. The van der Waals surface area contributed by atoms with Crippen LogP contribution in [0.25, 0.3) is 0 Å². The minimum atomic E-state index is -0.644. The minimum absolute atomic E-state index is 0.0406. The van der Waals surface area contributed by atoms with Gasteiger partial charge in [-0.25, -0.2) is 0 Å². The molecule has 56 valence electrons. The van der Waals surface area contributed by atoms with E-state index in [9.17, 15) is 4.79 Å². The van der Waals surface area contributed by atoms with Gasteiger partial charge in [-0.05, 0) is 6.07 Å². The zero-order valence-corrected chi connectivity index (χ0v) is 6.01. The van der Waals surface area contributed by atoms with Crippen LogP contribution in [0, 0.1) is 11.3 Å². The first kappa shape index (κ1) is 7.63. The zero-order valence-electron chi connectivity index (χ0n) is 5.26. The van der Waals surface area contributed by atoms with Crippen LogP contribution < -0.4 is 5.56 Å². The third-order valence-corrected chi connectivity index (χ3v) is 1.38. The summed E-state index contributed by atoms with van der Waals surface area (Å²) in [6.07, 6.45) is 0. The highest BCUT2D eigenvalue weighted by atomic mass is 35.5. The van der Waals surface area contributed by atoms with E-state index in [1.54, 1.807) is 6.07 Å². The lowest BCUT2D eigenvalue weighted by molar-refractivity contribution is 0.452. The van der Waals surface area contributed by atoms with E-state index in [0.29, 0.717) is 0 Å². The fraction of sp³-hybridized carbons (Fsp3) is 0. The van der Waals surface area contributed by atoms with Crippen molar-refractivity contribution in [2.75, 3.05) is 0 Å². The Morgan fingerprint density at radius 3 is 2.91 bits per heavy atom. The van der Waals surface area contributed by atoms with Crippen molar-refractivity contribution in [3.63, 3.8) is 0 Å². The number of aromatic nitrogens is 1. The van der Waals surface area contributed by atoms with E-state index in [1.165, 1.54) is 0 Å². The Labute approximate surface area is 66.7 Å². The lowest BCUT2D eigenvalue weighted by Gasteiger charge is -1.93. The Morgan fingerprint density at radius 2 is 2.36 bits per heavy atom. The van der Waals surface area contributed by atoms with Crippen molar-refractivity contribution in [2.45, 2.75) is 0 Å². The summed E-state index contributed by atoms with van der Waals surface area (Å²) in [4.78, 5) is 12.7. The first-order chi connectivity index (χ1) is 5.15. The van der Waals surface area contributed by atoms with E-state index < -0.39 is 11.4 Å². The summed E-state index contributed by atoms with van der Waals surface area (Å²) in [5.41, 5.74) is -0.762. The number of halogens is 1. The molecule has 0 aliphatic carbocycles. The summed E-state index contributed by atoms with van der Waals surface area (Å²) in [6.45, 7) is 0. The van der Waals surface area contributed by atoms with Crippen LogP contribution in [0.1, 0.15) is 5.56 Å². The van der Waals surface area contributed by atoms with Crippen LogP contribution in [-0.2, 0) is 0 Å². The number of nitriles is 1. The molecule has 1 aromatic heterocycles. The average Bonchev–Trinajstić information content (AvgIpc) is 1.97. The fourth-order valence-electron chi connectivity index (χ4n) is 0.578. The van der Waals surface area contributed by atoms with Crippen molar-refractivity contribution in [3.05, 3.63) is 27.0 Å². The molecule has 0 aliphatic heterocycles. The highest BCUT2D eigenvalue weighted by Crippen LogP contribution is 2.17. The lowest BCUT2D eigenvalue weighted by atomic mass is 10.3. The number of nitrogens with one attached hydrogen (secondary N) is 1. The molecule has 1 rings (SSSR count). The molecule has 0 aromatic carbocycles. The predicted octanol–water partition coefficient (Wildman–Crippen LogP) is 0.606. The number of H-pyrrole nitrogens is 1. The van der Waals surface area contributed by atoms with Gasteiger partial charge in [-0.2, -0.15) is 5.26 Å². The molecule has 0 bridgehead atoms. The third kappa shape index (κ3) is 1.33. The van der Waals surface area contributed by atoms with Gasteiger partial charge in [0.2, 0.25) is 5.88 Å². The molecule has 0 aliphatic rings. The van der Waals surface area contributed by atoms with Crippen molar-refractivity contribution < 1.29 is 5.11 Å². The molecular formula is C6H3ClN2O2. The molecule has 0 atom stereocenters. The summed E-state index contributed by atoms with van der Waals surface area (Å²) in [5.74, 6) is -0.421. The van der Waals surface area contributed by atoms with Crippen LogP contribution in [0.2, 0.25) is 5.02 Å². The van der Waals surface area contributed by atoms with Crippen LogP contribution in [0.4, 0.5) is 0 Å². The Bertz CT molecular complexity index is 377. The second-order valence-corrected chi connectivity index (χ2v) is 2.23. The van der Waals surface area contributed by atoms with E-state index in [1.807, 2.05) is 4.98 Å². The van der Waals surface area contributed by atoms with Crippen LogP contribution in [0.5, 0.6) is 5.88 Å². The molecule has 0 saturated heterocycles. The van der Waals surface area contributed by atoms with E-state index in [-0.39, 0.29) is 10.6 Å². The van der Waals surface area contributed by atoms with Crippen LogP contribution in [0.15, 0.2) is 10.9 Å². The smallest absolute Gasteiger partial charge is 0.268 e. The van der Waals surface area contributed by atoms with Gasteiger partial charge in [0.1, 0.15) is 16.7 Å². The molecule has 0 radical (unpaired) electrons. The first-order valence-electron chi connectivity index (χ1n) is 2.67. The predicted molar refractivity (Wildman–Crippen MR) is 38.5 cm³/mol. The molecular weight excluding hydrogens is 168 g/mol. The van der Waals surface area contributed by atoms with E-state index in [2.05, 4.69) is 0 Å². The molecule has 0 fully saturated rings. The van der Waals surface area contributed by atoms with Gasteiger partial charge in [0.05, 0.1) is 0 Å². The topological polar surface area (TPSA) is 76.9 Å². The number of rotatable bonds is 0. The molecule has 0 amide bonds. The van der Waals surface area contributed by atoms with Crippen LogP contribution in [-0.4, -0.2) is 10.1 Å². The maximum atomic E-state index is 10.7. The molecule has 0 spiro atoms. The largest absolute Gasteiger partial charge is 0.493 e. The number of nitrogens with zero attached hydrogens (tertiary/aromatic N) is 1. The molecule has 1 heterocycles. The number of aromatic hydroxyl groups is 1. The summed E-state index contributed by atoms with van der Waals surface area (Å²) in [5, 5.41) is 17.1. The van der Waals surface area contributed by atoms with Gasteiger partial charge in [0.15, 0.2) is 0 Å². The molecule has 4 nitrogen and oxygen atoms in total. The minimum Gasteiger partial charge on any atom is -0.493 e. The Balaban J connectivity index is 3.48. The Morgan fingerprint density at radius 1 is 1.73 bits per heavy atom. The van der Waals surface area contributed by atoms with Crippen molar-refractivity contribution in [1.29, 1.82) is 5.26 Å². The molecule has 2 N–H and O–H groups in total. The number of hydrogen-bond acceptors (Lipinski definition) is 3. The van der Waals surface area contributed by atoms with Gasteiger partial charge in [0, 0.05) is 0 Å². The summed E-state index contributed by atoms with van der Waals surface area (Å²) in [6, 6.07) is 2.73. The lowest BCUT2D eigenvalue weighted by Crippen LogP contribution is -2.08. The standard InChI is InChI=1S/C6H3ClN2O2/c7-4-1-3(2-8)5(10)9-6(4)11/h1H,(H2,9,10,11). The summed E-state index contributed by atoms with van der Waals surface area (Å²) < 4.78 is 0. The highest BCUT2D eigenvalue weighted by molar-refractivity contribution is 6.31. The quantitative estimate of drug-likeness (QED) is 0.599. The van der Waals surface area contributed by atoms with Crippen LogP contribution in [0.3, 0.4) is 0 Å². The Kier molecular flexibility index (Phi) is 1.83. The van der Waals surface area contributed by atoms with Gasteiger partial charge in [-0.1, -0.05) is 11.6 Å². The van der Waals surface area contributed by atoms with Gasteiger partial charge in [-0.15, -0.1) is 0 Å². The van der Waals surface area contributed by atoms with E-state index in [0.717, 1.165) is 6.07 Å². The van der Waals surface area contributed by atoms with Crippen molar-refractivity contribution in [1.82, 2.24) is 4.98 Å². The van der Waals surface area contributed by atoms with Gasteiger partial charge >= 0.3 is 0 Å².